The SMILES string of the molecule is CCCN1/C2=C\C=C3CCCC(=C3Oc3ccc(C(=O)ON4C(=O)CCC4=O)cc3)/C=C/C3=[N+](CCCCCC(=O)NCCNC(=O)CCCCCC2(C)c2cc(S(=O)(=O)O)ccc21)c1ccc(C)cc1C3(C)C.O=S(=O)=O. The Kier molecular flexibility index (Phi) is 19.3. The average Bonchev–Trinajstić information content (AvgIpc) is 4.10. The number of anilines is 1. The van der Waals surface area contributed by atoms with E-state index in [9.17, 15) is 36.9 Å². The zero-order valence-electron chi connectivity index (χ0n) is 45.0. The molecule has 1 fully saturated rings. The molecule has 4 amide bonds. The lowest BCUT2D eigenvalue weighted by molar-refractivity contribution is -0.438. The molecular formula is C58H70N5O13S2+. The number of hydroxylamine groups is 2. The number of hydrogen-bond donors (Lipinski definition) is 3. The van der Waals surface area contributed by atoms with Crippen LogP contribution in [0.2, 0.25) is 0 Å². The fourth-order valence-corrected chi connectivity index (χ4v) is 11.5. The maximum Gasteiger partial charge on any atom is 0.425 e. The normalized spacial score (nSPS) is 21.7. The van der Waals surface area contributed by atoms with E-state index in [1.165, 1.54) is 29.3 Å². The lowest BCUT2D eigenvalue weighted by Gasteiger charge is -2.31. The topological polar surface area (TPSA) is 243 Å². The van der Waals surface area contributed by atoms with Gasteiger partial charge in [0.2, 0.25) is 17.5 Å². The minimum absolute atomic E-state index is 0.0149. The Balaban J connectivity index is 0.00000213. The fraction of sp³-hybridized carbons (Fsp3) is 0.448. The molecule has 1 saturated heterocycles. The molecule has 0 saturated carbocycles. The van der Waals surface area contributed by atoms with Gasteiger partial charge in [-0.2, -0.15) is 13.0 Å². The number of carbonyl (C=O) groups is 5. The number of rotatable bonds is 7. The fourth-order valence-electron chi connectivity index (χ4n) is 11.0. The summed E-state index contributed by atoms with van der Waals surface area (Å²) in [6.45, 7) is 12.9. The maximum atomic E-state index is 13.1. The summed E-state index contributed by atoms with van der Waals surface area (Å²) in [6, 6.07) is 17.8. The number of nitrogens with one attached hydrogen (secondary N) is 2. The molecule has 20 heteroatoms. The average molecular weight is 1110 g/mol. The van der Waals surface area contributed by atoms with Gasteiger partial charge in [-0.3, -0.25) is 23.7 Å². The lowest BCUT2D eigenvalue weighted by atomic mass is 9.77. The number of hydrogen-bond acceptors (Lipinski definition) is 13. The van der Waals surface area contributed by atoms with Crippen LogP contribution in [0.25, 0.3) is 0 Å². The highest BCUT2D eigenvalue weighted by molar-refractivity contribution is 7.85. The molecule has 0 radical (unpaired) electrons. The molecule has 2 bridgehead atoms. The van der Waals surface area contributed by atoms with Gasteiger partial charge in [-0.15, -0.1) is 17.7 Å². The standard InChI is InChI=1S/C58H69N5O10S.O3S/c1-6-35-61-48-27-25-44(74(69,70)71)38-46(48)58(5)32-11-7-9-16-51(64)59-33-34-60-52(65)17-10-8-12-36-62-47-26-18-39(2)37-45(47)57(3,4)49(62)28-21-40-14-13-15-41(22-29-50(58)61)55(40)72-43-23-19-42(20-24-43)56(68)73-63-53(66)30-31-54(63)67;1-4(2)3/h18-29,37-38H,6-17,30-36H2,1-5H3,(H2-,59,60,64,65,69,70,71);/p+1. The second-order valence-electron chi connectivity index (χ2n) is 21.0. The third-order valence-corrected chi connectivity index (χ3v) is 15.8. The molecule has 4 heterocycles. The van der Waals surface area contributed by atoms with Crippen LogP contribution in [0.1, 0.15) is 151 Å². The lowest BCUT2D eigenvalue weighted by Crippen LogP contribution is -2.34. The summed E-state index contributed by atoms with van der Waals surface area (Å²) in [5.74, 6) is -0.976. The number of allylic oxidation sites excluding steroid dienone is 7. The molecule has 1 atom stereocenters. The van der Waals surface area contributed by atoms with Gasteiger partial charge in [-0.25, -0.2) is 4.79 Å². The molecule has 78 heavy (non-hydrogen) atoms. The van der Waals surface area contributed by atoms with Crippen LogP contribution in [0.5, 0.6) is 5.75 Å². The van der Waals surface area contributed by atoms with Crippen LogP contribution in [-0.4, -0.2) is 96.7 Å². The Labute approximate surface area is 458 Å². The summed E-state index contributed by atoms with van der Waals surface area (Å²) in [5.41, 5.74) is 8.35. The van der Waals surface area contributed by atoms with Crippen molar-refractivity contribution in [1.29, 1.82) is 0 Å². The Morgan fingerprint density at radius 3 is 2.05 bits per heavy atom. The van der Waals surface area contributed by atoms with E-state index < -0.39 is 43.9 Å². The highest BCUT2D eigenvalue weighted by atomic mass is 32.2. The quantitative estimate of drug-likeness (QED) is 0.114. The van der Waals surface area contributed by atoms with Gasteiger partial charge in [0.1, 0.15) is 18.1 Å². The van der Waals surface area contributed by atoms with Crippen molar-refractivity contribution in [2.75, 3.05) is 31.1 Å². The second-order valence-corrected chi connectivity index (χ2v) is 22.8. The van der Waals surface area contributed by atoms with E-state index in [1.807, 2.05) is 0 Å². The Morgan fingerprint density at radius 2 is 1.41 bits per heavy atom. The number of benzene rings is 3. The van der Waals surface area contributed by atoms with Gasteiger partial charge in [0.05, 0.1) is 15.9 Å². The van der Waals surface area contributed by atoms with Crippen LogP contribution >= 0.6 is 0 Å². The smallest absolute Gasteiger partial charge is 0.425 e. The maximum absolute atomic E-state index is 13.1. The van der Waals surface area contributed by atoms with Crippen molar-refractivity contribution in [3.63, 3.8) is 0 Å². The monoisotopic (exact) mass is 1110 g/mol. The first kappa shape index (κ1) is 58.6. The zero-order valence-corrected chi connectivity index (χ0v) is 46.7. The number of nitrogens with zero attached hydrogens (tertiary/aromatic N) is 3. The van der Waals surface area contributed by atoms with E-state index in [1.54, 1.807) is 24.3 Å². The van der Waals surface area contributed by atoms with Crippen LogP contribution in [0.3, 0.4) is 0 Å². The Bertz CT molecular complexity index is 3210. The van der Waals surface area contributed by atoms with Crippen LogP contribution in [0, 0.1) is 6.92 Å². The van der Waals surface area contributed by atoms with Gasteiger partial charge in [0, 0.05) is 86.2 Å². The number of aryl methyl sites for hydroxylation is 1. The molecule has 0 spiro atoms. The minimum atomic E-state index is -4.51. The molecule has 18 nitrogen and oxygen atoms in total. The predicted molar refractivity (Wildman–Crippen MR) is 292 cm³/mol. The van der Waals surface area contributed by atoms with Crippen molar-refractivity contribution >= 4 is 67.4 Å². The number of ether oxygens (including phenoxy) is 1. The van der Waals surface area contributed by atoms with Gasteiger partial charge in [-0.05, 0) is 156 Å². The first-order valence-electron chi connectivity index (χ1n) is 26.8. The van der Waals surface area contributed by atoms with Gasteiger partial charge in [-0.1, -0.05) is 37.5 Å². The third kappa shape index (κ3) is 14.0. The van der Waals surface area contributed by atoms with E-state index in [4.69, 9.17) is 22.2 Å². The summed E-state index contributed by atoms with van der Waals surface area (Å²) in [6.07, 6.45) is 17.6. The van der Waals surface area contributed by atoms with Gasteiger partial charge in [0.15, 0.2) is 5.71 Å². The molecule has 1 aliphatic carbocycles. The molecule has 3 aromatic rings. The van der Waals surface area contributed by atoms with Crippen LogP contribution in [-0.2, 0) is 55.6 Å². The first-order valence-corrected chi connectivity index (χ1v) is 29.2. The summed E-state index contributed by atoms with van der Waals surface area (Å²) in [5, 5.41) is 6.42. The number of amides is 4. The summed E-state index contributed by atoms with van der Waals surface area (Å²) < 4.78 is 70.1. The molecule has 8 rings (SSSR count). The van der Waals surface area contributed by atoms with Crippen LogP contribution in [0.4, 0.5) is 11.4 Å². The summed E-state index contributed by atoms with van der Waals surface area (Å²) in [7, 11) is -7.62. The van der Waals surface area contributed by atoms with E-state index in [0.29, 0.717) is 74.7 Å². The molecule has 416 valence electrons. The van der Waals surface area contributed by atoms with Crippen molar-refractivity contribution < 1.29 is 63.7 Å². The number of fused-ring (bicyclic) bond motifs is 6. The van der Waals surface area contributed by atoms with Gasteiger partial charge < -0.3 is 25.1 Å². The van der Waals surface area contributed by atoms with E-state index in [-0.39, 0.29) is 40.5 Å². The van der Waals surface area contributed by atoms with Crippen molar-refractivity contribution in [1.82, 2.24) is 15.7 Å². The van der Waals surface area contributed by atoms with Crippen molar-refractivity contribution in [2.45, 2.75) is 147 Å². The van der Waals surface area contributed by atoms with Crippen molar-refractivity contribution in [3.8, 4) is 5.75 Å². The van der Waals surface area contributed by atoms with Gasteiger partial charge >= 0.3 is 16.6 Å². The largest absolute Gasteiger partial charge is 0.457 e. The highest BCUT2D eigenvalue weighted by Gasteiger charge is 2.45. The van der Waals surface area contributed by atoms with Crippen molar-refractivity contribution in [2.24, 2.45) is 0 Å². The molecule has 0 aromatic heterocycles. The molecule has 3 N–H and O–H groups in total. The van der Waals surface area contributed by atoms with Gasteiger partial charge in [0.25, 0.3) is 21.9 Å². The van der Waals surface area contributed by atoms with Crippen molar-refractivity contribution in [3.05, 3.63) is 130 Å². The molecule has 3 aromatic carbocycles. The van der Waals surface area contributed by atoms with Crippen LogP contribution < -0.4 is 20.3 Å². The first-order chi connectivity index (χ1) is 37.1. The molecule has 4 aliphatic heterocycles. The molecular weight excluding hydrogens is 1040 g/mol. The molecule has 1 unspecified atom stereocenters. The number of carbonyl (C=O) groups excluding carboxylic acids is 5. The highest BCUT2D eigenvalue weighted by Crippen LogP contribution is 2.52. The third-order valence-electron chi connectivity index (χ3n) is 15.0. The molecule has 5 aliphatic rings. The minimum Gasteiger partial charge on any atom is -0.457 e. The van der Waals surface area contributed by atoms with E-state index in [2.05, 4.69) is 97.2 Å². The zero-order chi connectivity index (χ0) is 56.4. The van der Waals surface area contributed by atoms with Crippen LogP contribution in [0.15, 0.2) is 112 Å². The summed E-state index contributed by atoms with van der Waals surface area (Å²) >= 11 is 0. The number of imide groups is 1. The Hall–Kier alpha value is -7.03. The Morgan fingerprint density at radius 1 is 0.756 bits per heavy atom. The second kappa shape index (κ2) is 25.6. The summed E-state index contributed by atoms with van der Waals surface area (Å²) in [4.78, 5) is 70.5. The predicted octanol–water partition coefficient (Wildman–Crippen LogP) is 8.66. The van der Waals surface area contributed by atoms with E-state index in [0.717, 1.165) is 91.0 Å². The van der Waals surface area contributed by atoms with E-state index >= 15 is 0 Å².